The van der Waals surface area contributed by atoms with Crippen LogP contribution in [0.1, 0.15) is 5.56 Å². The zero-order valence-electron chi connectivity index (χ0n) is 10.0. The molecule has 2 rings (SSSR count). The predicted molar refractivity (Wildman–Crippen MR) is 68.6 cm³/mol. The molecule has 6 nitrogen and oxygen atoms in total. The Morgan fingerprint density at radius 1 is 1.44 bits per heavy atom. The van der Waals surface area contributed by atoms with E-state index in [-0.39, 0.29) is 10.6 Å². The van der Waals surface area contributed by atoms with Gasteiger partial charge in [0.15, 0.2) is 0 Å². The summed E-state index contributed by atoms with van der Waals surface area (Å²) in [4.78, 5) is 10.4. The van der Waals surface area contributed by atoms with Gasteiger partial charge in [0.25, 0.3) is 5.69 Å². The Kier molecular flexibility index (Phi) is 3.57. The van der Waals surface area contributed by atoms with Gasteiger partial charge in [0.2, 0.25) is 0 Å². The van der Waals surface area contributed by atoms with Crippen molar-refractivity contribution in [3.05, 3.63) is 52.3 Å². The minimum atomic E-state index is -0.367. The molecule has 0 aliphatic carbocycles. The second kappa shape index (κ2) is 5.31. The first-order valence-electron chi connectivity index (χ1n) is 5.64. The highest BCUT2D eigenvalue weighted by atomic mass is 16.6. The summed E-state index contributed by atoms with van der Waals surface area (Å²) in [5, 5.41) is 18.1. The molecule has 0 bridgehead atoms. The van der Waals surface area contributed by atoms with Gasteiger partial charge >= 0.3 is 0 Å². The number of rotatable bonds is 5. The standard InChI is InChI=1S/C12H14N4O2/c1-10-11(4-2-5-12(10)16(17)18)13-7-9-15-8-3-6-14-15/h2-6,8,13H,7,9H2,1H3. The van der Waals surface area contributed by atoms with E-state index in [2.05, 4.69) is 10.4 Å². The smallest absolute Gasteiger partial charge is 0.274 e. The van der Waals surface area contributed by atoms with Gasteiger partial charge in [-0.15, -0.1) is 0 Å². The first kappa shape index (κ1) is 12.1. The van der Waals surface area contributed by atoms with E-state index in [4.69, 9.17) is 0 Å². The largest absolute Gasteiger partial charge is 0.383 e. The van der Waals surface area contributed by atoms with E-state index in [1.54, 1.807) is 23.9 Å². The van der Waals surface area contributed by atoms with Gasteiger partial charge in [-0.3, -0.25) is 14.8 Å². The van der Waals surface area contributed by atoms with Gasteiger partial charge in [0.1, 0.15) is 0 Å². The molecule has 2 aromatic rings. The lowest BCUT2D eigenvalue weighted by Gasteiger charge is -2.09. The molecular weight excluding hydrogens is 232 g/mol. The van der Waals surface area contributed by atoms with Gasteiger partial charge in [-0.05, 0) is 19.1 Å². The summed E-state index contributed by atoms with van der Waals surface area (Å²) in [5.74, 6) is 0. The molecule has 0 saturated carbocycles. The van der Waals surface area contributed by atoms with Crippen LogP contribution in [0, 0.1) is 17.0 Å². The van der Waals surface area contributed by atoms with E-state index in [1.165, 1.54) is 6.07 Å². The van der Waals surface area contributed by atoms with Crippen LogP contribution >= 0.6 is 0 Å². The summed E-state index contributed by atoms with van der Waals surface area (Å²) >= 11 is 0. The van der Waals surface area contributed by atoms with Crippen molar-refractivity contribution in [1.29, 1.82) is 0 Å². The Hall–Kier alpha value is -2.37. The molecule has 1 heterocycles. The summed E-state index contributed by atoms with van der Waals surface area (Å²) in [7, 11) is 0. The highest BCUT2D eigenvalue weighted by Gasteiger charge is 2.12. The number of benzene rings is 1. The van der Waals surface area contributed by atoms with Gasteiger partial charge in [-0.25, -0.2) is 0 Å². The third kappa shape index (κ3) is 2.65. The molecule has 0 fully saturated rings. The first-order chi connectivity index (χ1) is 8.68. The maximum atomic E-state index is 10.8. The molecule has 0 aliphatic rings. The zero-order valence-corrected chi connectivity index (χ0v) is 10.0. The van der Waals surface area contributed by atoms with Crippen molar-refractivity contribution in [2.75, 3.05) is 11.9 Å². The summed E-state index contributed by atoms with van der Waals surface area (Å²) in [5.41, 5.74) is 1.58. The number of hydrogen-bond donors (Lipinski definition) is 1. The summed E-state index contributed by atoms with van der Waals surface area (Å²) in [6, 6.07) is 6.89. The number of aromatic nitrogens is 2. The summed E-state index contributed by atoms with van der Waals surface area (Å²) in [6.07, 6.45) is 3.60. The lowest BCUT2D eigenvalue weighted by atomic mass is 10.1. The number of nitro groups is 1. The molecular formula is C12H14N4O2. The fourth-order valence-electron chi connectivity index (χ4n) is 1.75. The minimum absolute atomic E-state index is 0.138. The van der Waals surface area contributed by atoms with Crippen molar-refractivity contribution >= 4 is 11.4 Å². The Morgan fingerprint density at radius 2 is 2.28 bits per heavy atom. The minimum Gasteiger partial charge on any atom is -0.383 e. The lowest BCUT2D eigenvalue weighted by molar-refractivity contribution is -0.385. The fourth-order valence-corrected chi connectivity index (χ4v) is 1.75. The van der Waals surface area contributed by atoms with Crippen LogP contribution in [0.15, 0.2) is 36.7 Å². The van der Waals surface area contributed by atoms with E-state index in [9.17, 15) is 10.1 Å². The second-order valence-corrected chi connectivity index (χ2v) is 3.90. The highest BCUT2D eigenvalue weighted by Crippen LogP contribution is 2.24. The molecule has 0 amide bonds. The van der Waals surface area contributed by atoms with E-state index in [1.807, 2.05) is 18.3 Å². The molecule has 0 radical (unpaired) electrons. The summed E-state index contributed by atoms with van der Waals surface area (Å²) < 4.78 is 1.81. The second-order valence-electron chi connectivity index (χ2n) is 3.90. The predicted octanol–water partition coefficient (Wildman–Crippen LogP) is 2.21. The van der Waals surface area contributed by atoms with Crippen LogP contribution in [0.4, 0.5) is 11.4 Å². The van der Waals surface area contributed by atoms with Crippen LogP contribution in [-0.4, -0.2) is 21.2 Å². The average Bonchev–Trinajstić information content (AvgIpc) is 2.84. The number of anilines is 1. The monoisotopic (exact) mass is 246 g/mol. The van der Waals surface area contributed by atoms with Gasteiger partial charge in [-0.2, -0.15) is 5.10 Å². The van der Waals surface area contributed by atoms with Crippen LogP contribution in [0.3, 0.4) is 0 Å². The maximum Gasteiger partial charge on any atom is 0.274 e. The van der Waals surface area contributed by atoms with Gasteiger partial charge in [-0.1, -0.05) is 6.07 Å². The van der Waals surface area contributed by atoms with Crippen LogP contribution in [-0.2, 0) is 6.54 Å². The topological polar surface area (TPSA) is 73.0 Å². The van der Waals surface area contributed by atoms with E-state index in [0.717, 1.165) is 12.2 Å². The number of hydrogen-bond acceptors (Lipinski definition) is 4. The Morgan fingerprint density at radius 3 is 2.94 bits per heavy atom. The van der Waals surface area contributed by atoms with Crippen LogP contribution in [0.25, 0.3) is 0 Å². The molecule has 6 heteroatoms. The fraction of sp³-hybridized carbons (Fsp3) is 0.250. The quantitative estimate of drug-likeness (QED) is 0.648. The van der Waals surface area contributed by atoms with E-state index in [0.29, 0.717) is 12.1 Å². The van der Waals surface area contributed by atoms with Crippen molar-refractivity contribution in [3.63, 3.8) is 0 Å². The Balaban J connectivity index is 2.01. The molecule has 0 spiro atoms. The third-order valence-corrected chi connectivity index (χ3v) is 2.72. The molecule has 1 aromatic heterocycles. The number of nitrogens with one attached hydrogen (secondary N) is 1. The highest BCUT2D eigenvalue weighted by molar-refractivity contribution is 5.59. The van der Waals surface area contributed by atoms with Crippen molar-refractivity contribution in [3.8, 4) is 0 Å². The van der Waals surface area contributed by atoms with E-state index >= 15 is 0 Å². The molecule has 0 atom stereocenters. The SMILES string of the molecule is Cc1c(NCCn2cccn2)cccc1[N+](=O)[O-]. The van der Waals surface area contributed by atoms with Crippen molar-refractivity contribution in [1.82, 2.24) is 9.78 Å². The molecule has 0 saturated heterocycles. The third-order valence-electron chi connectivity index (χ3n) is 2.72. The average molecular weight is 246 g/mol. The molecule has 94 valence electrons. The van der Waals surface area contributed by atoms with E-state index < -0.39 is 0 Å². The zero-order chi connectivity index (χ0) is 13.0. The van der Waals surface area contributed by atoms with Gasteiger partial charge < -0.3 is 5.32 Å². The van der Waals surface area contributed by atoms with Crippen molar-refractivity contribution in [2.45, 2.75) is 13.5 Å². The van der Waals surface area contributed by atoms with Gasteiger partial charge in [0.05, 0.1) is 11.5 Å². The molecule has 1 aromatic carbocycles. The number of nitrogens with zero attached hydrogens (tertiary/aromatic N) is 3. The Bertz CT molecular complexity index is 537. The van der Waals surface area contributed by atoms with Crippen LogP contribution < -0.4 is 5.32 Å². The van der Waals surface area contributed by atoms with Crippen LogP contribution in [0.2, 0.25) is 0 Å². The van der Waals surface area contributed by atoms with Crippen molar-refractivity contribution < 1.29 is 4.92 Å². The number of nitro benzene ring substituents is 1. The molecule has 1 N–H and O–H groups in total. The van der Waals surface area contributed by atoms with Gasteiger partial charge in [0, 0.05) is 36.3 Å². The normalized spacial score (nSPS) is 10.3. The first-order valence-corrected chi connectivity index (χ1v) is 5.64. The Labute approximate surface area is 104 Å². The molecule has 0 aliphatic heterocycles. The van der Waals surface area contributed by atoms with Crippen molar-refractivity contribution in [2.24, 2.45) is 0 Å². The maximum absolute atomic E-state index is 10.8. The summed E-state index contributed by atoms with van der Waals surface area (Å²) in [6.45, 7) is 3.13. The molecule has 18 heavy (non-hydrogen) atoms. The molecule has 0 unspecified atom stereocenters. The lowest BCUT2D eigenvalue weighted by Crippen LogP contribution is -2.11. The van der Waals surface area contributed by atoms with Crippen LogP contribution in [0.5, 0.6) is 0 Å².